The summed E-state index contributed by atoms with van der Waals surface area (Å²) < 4.78 is 5.50. The van der Waals surface area contributed by atoms with Crippen molar-refractivity contribution < 1.29 is 4.43 Å². The van der Waals surface area contributed by atoms with Crippen LogP contribution in [0.3, 0.4) is 0 Å². The van der Waals surface area contributed by atoms with Gasteiger partial charge in [-0.1, -0.05) is 96.8 Å². The Morgan fingerprint density at radius 1 is 0.667 bits per heavy atom. The Hall–Kier alpha value is 0.177. The standard InChI is InChI=1S/C11H26OSi.C8H16/c1-5-6-7-8-9-10-11-13(3,4)12-2;1-2-4-6-8-7-5-3-1/h5-11H2,1-4H3;1-8H2. The fraction of sp³-hybridized carbons (Fsp3) is 1.00. The van der Waals surface area contributed by atoms with Gasteiger partial charge < -0.3 is 4.43 Å². The molecule has 0 atom stereocenters. The average molecular weight is 315 g/mol. The highest BCUT2D eigenvalue weighted by atomic mass is 28.4. The van der Waals surface area contributed by atoms with Gasteiger partial charge in [-0.25, -0.2) is 0 Å². The van der Waals surface area contributed by atoms with Crippen molar-refractivity contribution in [2.75, 3.05) is 7.11 Å². The first kappa shape index (κ1) is 21.2. The maximum absolute atomic E-state index is 5.50. The maximum atomic E-state index is 5.50. The lowest BCUT2D eigenvalue weighted by Gasteiger charge is -2.19. The van der Waals surface area contributed by atoms with E-state index in [1.807, 2.05) is 7.11 Å². The first-order valence-corrected chi connectivity index (χ1v) is 12.8. The van der Waals surface area contributed by atoms with Crippen molar-refractivity contribution in [1.82, 2.24) is 0 Å². The van der Waals surface area contributed by atoms with E-state index in [0.29, 0.717) is 0 Å². The third-order valence-corrected chi connectivity index (χ3v) is 7.35. The van der Waals surface area contributed by atoms with E-state index >= 15 is 0 Å². The molecule has 1 fully saturated rings. The van der Waals surface area contributed by atoms with Gasteiger partial charge in [0.05, 0.1) is 0 Å². The summed E-state index contributed by atoms with van der Waals surface area (Å²) >= 11 is 0. The molecule has 1 aliphatic carbocycles. The third-order valence-electron chi connectivity index (χ3n) is 4.68. The Morgan fingerprint density at radius 3 is 1.43 bits per heavy atom. The summed E-state index contributed by atoms with van der Waals surface area (Å²) in [7, 11) is 0.619. The predicted octanol–water partition coefficient (Wildman–Crippen LogP) is 7.32. The molecular weight excluding hydrogens is 272 g/mol. The summed E-state index contributed by atoms with van der Waals surface area (Å²) in [6, 6.07) is 1.33. The van der Waals surface area contributed by atoms with E-state index in [-0.39, 0.29) is 0 Å². The smallest absolute Gasteiger partial charge is 0.186 e. The van der Waals surface area contributed by atoms with Gasteiger partial charge in [0.1, 0.15) is 0 Å². The molecule has 21 heavy (non-hydrogen) atoms. The fourth-order valence-corrected chi connectivity index (χ4v) is 4.15. The molecule has 0 bridgehead atoms. The second-order valence-corrected chi connectivity index (χ2v) is 11.7. The van der Waals surface area contributed by atoms with Gasteiger partial charge >= 0.3 is 0 Å². The van der Waals surface area contributed by atoms with Crippen LogP contribution in [0.15, 0.2) is 0 Å². The molecule has 0 aromatic heterocycles. The van der Waals surface area contributed by atoms with Crippen molar-refractivity contribution in [3.63, 3.8) is 0 Å². The summed E-state index contributed by atoms with van der Waals surface area (Å²) in [5, 5.41) is 0. The topological polar surface area (TPSA) is 9.23 Å². The lowest BCUT2D eigenvalue weighted by Crippen LogP contribution is -2.27. The fourth-order valence-electron chi connectivity index (χ4n) is 2.85. The number of hydrogen-bond donors (Lipinski definition) is 0. The Kier molecular flexibility index (Phi) is 15.2. The summed E-state index contributed by atoms with van der Waals surface area (Å²) in [4.78, 5) is 0. The van der Waals surface area contributed by atoms with Crippen LogP contribution in [-0.2, 0) is 4.43 Å². The van der Waals surface area contributed by atoms with Crippen LogP contribution >= 0.6 is 0 Å². The quantitative estimate of drug-likeness (QED) is 0.337. The van der Waals surface area contributed by atoms with Crippen LogP contribution in [0.2, 0.25) is 19.1 Å². The van der Waals surface area contributed by atoms with Gasteiger partial charge in [-0.05, 0) is 19.1 Å². The molecule has 0 spiro atoms. The molecule has 0 aliphatic heterocycles. The van der Waals surface area contributed by atoms with Crippen LogP contribution in [-0.4, -0.2) is 15.4 Å². The van der Waals surface area contributed by atoms with Crippen molar-refractivity contribution in [3.8, 4) is 0 Å². The molecule has 2 heteroatoms. The Labute approximate surface area is 136 Å². The molecule has 0 N–H and O–H groups in total. The lowest BCUT2D eigenvalue weighted by atomic mass is 10.0. The molecule has 0 amide bonds. The average Bonchev–Trinajstić information content (AvgIpc) is 2.43. The van der Waals surface area contributed by atoms with Gasteiger partial charge in [-0.15, -0.1) is 0 Å². The summed E-state index contributed by atoms with van der Waals surface area (Å²) in [6.07, 6.45) is 20.4. The highest BCUT2D eigenvalue weighted by Crippen LogP contribution is 2.16. The number of hydrogen-bond acceptors (Lipinski definition) is 1. The minimum Gasteiger partial charge on any atom is -0.420 e. The molecule has 0 heterocycles. The van der Waals surface area contributed by atoms with Crippen molar-refractivity contribution >= 4 is 8.32 Å². The van der Waals surface area contributed by atoms with Crippen LogP contribution in [0.4, 0.5) is 0 Å². The predicted molar refractivity (Wildman–Crippen MR) is 99.6 cm³/mol. The zero-order valence-electron chi connectivity index (χ0n) is 15.5. The summed E-state index contributed by atoms with van der Waals surface area (Å²) in [5.74, 6) is 0. The molecule has 128 valence electrons. The van der Waals surface area contributed by atoms with Gasteiger partial charge in [0, 0.05) is 7.11 Å². The normalized spacial score (nSPS) is 16.6. The monoisotopic (exact) mass is 314 g/mol. The van der Waals surface area contributed by atoms with E-state index in [2.05, 4.69) is 20.0 Å². The zero-order chi connectivity index (χ0) is 15.8. The molecule has 0 radical (unpaired) electrons. The number of rotatable bonds is 8. The molecule has 1 aliphatic rings. The Balaban J connectivity index is 0.000000423. The van der Waals surface area contributed by atoms with E-state index in [1.165, 1.54) is 95.9 Å². The lowest BCUT2D eigenvalue weighted by molar-refractivity contribution is 0.400. The molecule has 0 aromatic rings. The number of unbranched alkanes of at least 4 members (excludes halogenated alkanes) is 5. The molecule has 1 rings (SSSR count). The van der Waals surface area contributed by atoms with Crippen molar-refractivity contribution in [1.29, 1.82) is 0 Å². The molecule has 1 nitrogen and oxygen atoms in total. The van der Waals surface area contributed by atoms with Crippen molar-refractivity contribution in [3.05, 3.63) is 0 Å². The van der Waals surface area contributed by atoms with Gasteiger partial charge in [0.15, 0.2) is 8.32 Å². The maximum Gasteiger partial charge on any atom is 0.186 e. The minimum atomic E-state index is -1.25. The first-order chi connectivity index (χ1) is 10.1. The SMILES string of the molecule is C1CCCCCCC1.CCCCCCCC[Si](C)(C)OC. The second kappa shape index (κ2) is 15.1. The Bertz CT molecular complexity index is 180. The molecule has 0 saturated heterocycles. The first-order valence-electron chi connectivity index (χ1n) is 9.67. The van der Waals surface area contributed by atoms with Gasteiger partial charge in [-0.3, -0.25) is 0 Å². The third kappa shape index (κ3) is 16.4. The van der Waals surface area contributed by atoms with Gasteiger partial charge in [0.25, 0.3) is 0 Å². The molecular formula is C19H42OSi. The van der Waals surface area contributed by atoms with Gasteiger partial charge in [-0.2, -0.15) is 0 Å². The van der Waals surface area contributed by atoms with E-state index in [4.69, 9.17) is 4.43 Å². The zero-order valence-corrected chi connectivity index (χ0v) is 16.5. The molecule has 0 aromatic carbocycles. The van der Waals surface area contributed by atoms with Crippen LogP contribution in [0.25, 0.3) is 0 Å². The van der Waals surface area contributed by atoms with Crippen LogP contribution in [0.5, 0.6) is 0 Å². The largest absolute Gasteiger partial charge is 0.420 e. The summed E-state index contributed by atoms with van der Waals surface area (Å²) in [5.41, 5.74) is 0. The van der Waals surface area contributed by atoms with E-state index in [9.17, 15) is 0 Å². The van der Waals surface area contributed by atoms with E-state index in [0.717, 1.165) is 0 Å². The van der Waals surface area contributed by atoms with Crippen molar-refractivity contribution in [2.24, 2.45) is 0 Å². The van der Waals surface area contributed by atoms with E-state index in [1.54, 1.807) is 0 Å². The second-order valence-electron chi connectivity index (χ2n) is 7.31. The van der Waals surface area contributed by atoms with E-state index < -0.39 is 8.32 Å². The highest BCUT2D eigenvalue weighted by molar-refractivity contribution is 6.71. The highest BCUT2D eigenvalue weighted by Gasteiger charge is 2.18. The van der Waals surface area contributed by atoms with Crippen LogP contribution in [0, 0.1) is 0 Å². The minimum absolute atomic E-state index is 1.25. The van der Waals surface area contributed by atoms with Gasteiger partial charge in [0.2, 0.25) is 0 Å². The van der Waals surface area contributed by atoms with Crippen LogP contribution in [0.1, 0.15) is 96.8 Å². The van der Waals surface area contributed by atoms with Crippen LogP contribution < -0.4 is 0 Å². The Morgan fingerprint density at radius 2 is 1.05 bits per heavy atom. The summed E-state index contributed by atoms with van der Waals surface area (Å²) in [6.45, 7) is 6.87. The molecule has 0 unspecified atom stereocenters. The van der Waals surface area contributed by atoms with Crippen molar-refractivity contribution in [2.45, 2.75) is 116 Å². The molecule has 1 saturated carbocycles.